The Labute approximate surface area is 119 Å². The van der Waals surface area contributed by atoms with Gasteiger partial charge in [-0.2, -0.15) is 0 Å². The van der Waals surface area contributed by atoms with E-state index in [1.807, 2.05) is 0 Å². The minimum absolute atomic E-state index is 0.147. The fourth-order valence-corrected chi connectivity index (χ4v) is 3.18. The van der Waals surface area contributed by atoms with Gasteiger partial charge in [0.05, 0.1) is 5.41 Å². The molecule has 3 heteroatoms. The number of hydrogen-bond donors (Lipinski definition) is 1. The first-order valence-electron chi connectivity index (χ1n) is 7.94. The molecule has 112 valence electrons. The monoisotopic (exact) mass is 268 g/mol. The molecular weight excluding hydrogens is 236 g/mol. The Morgan fingerprint density at radius 1 is 1.32 bits per heavy atom. The number of carbonyl (C=O) groups is 1. The molecule has 1 fully saturated rings. The van der Waals surface area contributed by atoms with Crippen LogP contribution < -0.4 is 5.32 Å². The molecule has 0 aromatic rings. The lowest BCUT2D eigenvalue weighted by Crippen LogP contribution is -2.54. The maximum atomic E-state index is 13.1. The highest BCUT2D eigenvalue weighted by molar-refractivity contribution is 5.83. The molecule has 1 rings (SSSR count). The average Bonchev–Trinajstić information content (AvgIpc) is 2.36. The summed E-state index contributed by atoms with van der Waals surface area (Å²) in [6, 6.07) is 0.297. The number of nitrogens with one attached hydrogen (secondary N) is 1. The van der Waals surface area contributed by atoms with Gasteiger partial charge in [-0.05, 0) is 45.6 Å². The van der Waals surface area contributed by atoms with Crippen molar-refractivity contribution in [3.63, 3.8) is 0 Å². The predicted molar refractivity (Wildman–Crippen MR) is 81.1 cm³/mol. The third-order valence-corrected chi connectivity index (χ3v) is 4.10. The van der Waals surface area contributed by atoms with Crippen LogP contribution in [-0.2, 0) is 4.79 Å². The third-order valence-electron chi connectivity index (χ3n) is 4.10. The lowest BCUT2D eigenvalue weighted by molar-refractivity contribution is -0.146. The Kier molecular flexibility index (Phi) is 6.31. The van der Waals surface area contributed by atoms with Gasteiger partial charge in [0.1, 0.15) is 0 Å². The third kappa shape index (κ3) is 4.20. The number of carbonyl (C=O) groups excluding carboxylic acids is 1. The summed E-state index contributed by atoms with van der Waals surface area (Å²) >= 11 is 0. The van der Waals surface area contributed by atoms with Gasteiger partial charge in [0.25, 0.3) is 0 Å². The fraction of sp³-hybridized carbons (Fsp3) is 0.938. The Morgan fingerprint density at radius 3 is 2.42 bits per heavy atom. The van der Waals surface area contributed by atoms with Crippen molar-refractivity contribution in [3.05, 3.63) is 0 Å². The van der Waals surface area contributed by atoms with Crippen molar-refractivity contribution < 1.29 is 4.79 Å². The molecule has 0 spiro atoms. The summed E-state index contributed by atoms with van der Waals surface area (Å²) in [5.41, 5.74) is -0.147. The van der Waals surface area contributed by atoms with Gasteiger partial charge in [-0.1, -0.05) is 27.2 Å². The van der Waals surface area contributed by atoms with Crippen molar-refractivity contribution in [2.45, 2.75) is 66.3 Å². The zero-order valence-corrected chi connectivity index (χ0v) is 13.5. The number of hydrogen-bond acceptors (Lipinski definition) is 2. The predicted octanol–water partition coefficient (Wildman–Crippen LogP) is 3.05. The maximum absolute atomic E-state index is 13.1. The Bertz CT molecular complexity index is 275. The van der Waals surface area contributed by atoms with Crippen LogP contribution in [0, 0.1) is 11.3 Å². The normalized spacial score (nSPS) is 23.9. The Morgan fingerprint density at radius 2 is 2.00 bits per heavy atom. The summed E-state index contributed by atoms with van der Waals surface area (Å²) in [4.78, 5) is 15.2. The van der Waals surface area contributed by atoms with E-state index in [1.165, 1.54) is 0 Å². The van der Waals surface area contributed by atoms with Gasteiger partial charge in [0.2, 0.25) is 5.91 Å². The average molecular weight is 268 g/mol. The molecule has 19 heavy (non-hydrogen) atoms. The van der Waals surface area contributed by atoms with Crippen molar-refractivity contribution in [1.29, 1.82) is 0 Å². The van der Waals surface area contributed by atoms with E-state index in [4.69, 9.17) is 0 Å². The van der Waals surface area contributed by atoms with Crippen LogP contribution >= 0.6 is 0 Å². The first-order valence-corrected chi connectivity index (χ1v) is 7.94. The molecular formula is C16H32N2O. The Hall–Kier alpha value is -0.570. The summed E-state index contributed by atoms with van der Waals surface area (Å²) < 4.78 is 0. The van der Waals surface area contributed by atoms with Crippen LogP contribution in [0.5, 0.6) is 0 Å². The zero-order valence-electron chi connectivity index (χ0n) is 13.5. The van der Waals surface area contributed by atoms with Gasteiger partial charge in [0, 0.05) is 19.1 Å². The molecule has 3 nitrogen and oxygen atoms in total. The SMILES string of the molecule is CCCC1(C(=O)N(CC(C)C)C(C)C)CCCNC1. The summed E-state index contributed by atoms with van der Waals surface area (Å²) in [7, 11) is 0. The maximum Gasteiger partial charge on any atom is 0.230 e. The smallest absolute Gasteiger partial charge is 0.230 e. The van der Waals surface area contributed by atoms with Crippen molar-refractivity contribution in [1.82, 2.24) is 10.2 Å². The second-order valence-corrected chi connectivity index (χ2v) is 6.76. The molecule has 0 aromatic carbocycles. The summed E-state index contributed by atoms with van der Waals surface area (Å²) in [5.74, 6) is 0.909. The largest absolute Gasteiger partial charge is 0.339 e. The highest BCUT2D eigenvalue weighted by Crippen LogP contribution is 2.34. The molecule has 1 aliphatic rings. The van der Waals surface area contributed by atoms with Crippen molar-refractivity contribution >= 4 is 5.91 Å². The molecule has 1 unspecified atom stereocenters. The van der Waals surface area contributed by atoms with Crippen LogP contribution in [0.25, 0.3) is 0 Å². The summed E-state index contributed by atoms with van der Waals surface area (Å²) in [5, 5.41) is 3.44. The van der Waals surface area contributed by atoms with Crippen LogP contribution in [0.15, 0.2) is 0 Å². The zero-order chi connectivity index (χ0) is 14.5. The highest BCUT2D eigenvalue weighted by atomic mass is 16.2. The van der Waals surface area contributed by atoms with Crippen LogP contribution in [0.1, 0.15) is 60.3 Å². The molecule has 0 aromatic heterocycles. The van der Waals surface area contributed by atoms with Gasteiger partial charge in [0.15, 0.2) is 0 Å². The molecule has 0 aliphatic carbocycles. The van der Waals surface area contributed by atoms with E-state index >= 15 is 0 Å². The first kappa shape index (κ1) is 16.5. The van der Waals surface area contributed by atoms with Crippen LogP contribution in [0.4, 0.5) is 0 Å². The molecule has 0 bridgehead atoms. The van der Waals surface area contributed by atoms with Crippen molar-refractivity contribution in [2.75, 3.05) is 19.6 Å². The standard InChI is InChI=1S/C16H32N2O/c1-6-8-16(9-7-10-17-12-16)15(19)18(14(4)5)11-13(2)3/h13-14,17H,6-12H2,1-5H3. The summed E-state index contributed by atoms with van der Waals surface area (Å²) in [6.07, 6.45) is 4.27. The van der Waals surface area contributed by atoms with Crippen LogP contribution in [-0.4, -0.2) is 36.5 Å². The molecule has 0 saturated carbocycles. The van der Waals surface area contributed by atoms with E-state index < -0.39 is 0 Å². The highest BCUT2D eigenvalue weighted by Gasteiger charge is 2.41. The van der Waals surface area contributed by atoms with Gasteiger partial charge >= 0.3 is 0 Å². The lowest BCUT2D eigenvalue weighted by Gasteiger charge is -2.42. The molecule has 1 saturated heterocycles. The quantitative estimate of drug-likeness (QED) is 0.803. The second-order valence-electron chi connectivity index (χ2n) is 6.76. The first-order chi connectivity index (χ1) is 8.93. The van der Waals surface area contributed by atoms with Crippen LogP contribution in [0.2, 0.25) is 0 Å². The molecule has 1 atom stereocenters. The van der Waals surface area contributed by atoms with E-state index in [2.05, 4.69) is 44.8 Å². The van der Waals surface area contributed by atoms with E-state index in [1.54, 1.807) is 0 Å². The number of amides is 1. The lowest BCUT2D eigenvalue weighted by atomic mass is 9.75. The van der Waals surface area contributed by atoms with E-state index in [9.17, 15) is 4.79 Å². The molecule has 1 N–H and O–H groups in total. The van der Waals surface area contributed by atoms with E-state index in [0.29, 0.717) is 17.9 Å². The number of nitrogens with zero attached hydrogens (tertiary/aromatic N) is 1. The van der Waals surface area contributed by atoms with E-state index in [0.717, 1.165) is 45.3 Å². The molecule has 1 amide bonds. The molecule has 1 aliphatic heterocycles. The summed E-state index contributed by atoms with van der Waals surface area (Å²) in [6.45, 7) is 13.6. The fourth-order valence-electron chi connectivity index (χ4n) is 3.18. The van der Waals surface area contributed by atoms with E-state index in [-0.39, 0.29) is 5.41 Å². The van der Waals surface area contributed by atoms with Gasteiger partial charge in [-0.15, -0.1) is 0 Å². The molecule has 0 radical (unpaired) electrons. The van der Waals surface area contributed by atoms with Gasteiger partial charge in [-0.25, -0.2) is 0 Å². The van der Waals surface area contributed by atoms with Gasteiger partial charge < -0.3 is 10.2 Å². The minimum Gasteiger partial charge on any atom is -0.339 e. The van der Waals surface area contributed by atoms with Crippen molar-refractivity contribution in [3.8, 4) is 0 Å². The topological polar surface area (TPSA) is 32.3 Å². The second kappa shape index (κ2) is 7.28. The Balaban J connectivity index is 2.89. The molecule has 1 heterocycles. The minimum atomic E-state index is -0.147. The number of rotatable bonds is 6. The van der Waals surface area contributed by atoms with Crippen molar-refractivity contribution in [2.24, 2.45) is 11.3 Å². The van der Waals surface area contributed by atoms with Gasteiger partial charge in [-0.3, -0.25) is 4.79 Å². The van der Waals surface area contributed by atoms with Crippen LogP contribution in [0.3, 0.4) is 0 Å². The number of piperidine rings is 1.